The number of imidazole rings is 1. The molecule has 32 heavy (non-hydrogen) atoms. The lowest BCUT2D eigenvalue weighted by Crippen LogP contribution is -2.28. The number of aromatic nitrogens is 2. The van der Waals surface area contributed by atoms with Crippen LogP contribution in [0.3, 0.4) is 0 Å². The summed E-state index contributed by atoms with van der Waals surface area (Å²) in [5.41, 5.74) is 7.88. The highest BCUT2D eigenvalue weighted by molar-refractivity contribution is 5.91. The second-order valence-corrected chi connectivity index (χ2v) is 9.08. The van der Waals surface area contributed by atoms with Crippen LogP contribution in [0.1, 0.15) is 51.6 Å². The number of nitrogens with two attached hydrogens (primary N) is 1. The zero-order chi connectivity index (χ0) is 23.0. The van der Waals surface area contributed by atoms with Crippen molar-refractivity contribution in [2.75, 3.05) is 6.54 Å². The number of fused-ring (bicyclic) bond motifs is 1. The highest BCUT2D eigenvalue weighted by Gasteiger charge is 2.30. The van der Waals surface area contributed by atoms with Crippen molar-refractivity contribution in [3.8, 4) is 5.75 Å². The number of nitrogens with one attached hydrogen (secondary N) is 1. The molecule has 1 aromatic carbocycles. The molecule has 9 nitrogen and oxygen atoms in total. The minimum absolute atomic E-state index is 0.0446. The largest absolute Gasteiger partial charge is 0.488 e. The van der Waals surface area contributed by atoms with Crippen LogP contribution in [0, 0.1) is 5.92 Å². The lowest BCUT2D eigenvalue weighted by atomic mass is 10.0. The summed E-state index contributed by atoms with van der Waals surface area (Å²) in [4.78, 5) is 31.5. The second-order valence-electron chi connectivity index (χ2n) is 9.08. The predicted molar refractivity (Wildman–Crippen MR) is 122 cm³/mol. The quantitative estimate of drug-likeness (QED) is 0.542. The monoisotopic (exact) mass is 439 g/mol. The first-order chi connectivity index (χ1) is 15.2. The topological polar surface area (TPSA) is 132 Å². The van der Waals surface area contributed by atoms with Gasteiger partial charge in [0.2, 0.25) is 5.91 Å². The van der Waals surface area contributed by atoms with Crippen molar-refractivity contribution in [3.05, 3.63) is 30.1 Å². The molecular formula is C23H29N5O4. The van der Waals surface area contributed by atoms with E-state index in [0.29, 0.717) is 36.0 Å². The summed E-state index contributed by atoms with van der Waals surface area (Å²) in [5.74, 6) is -0.204. The van der Waals surface area contributed by atoms with Gasteiger partial charge in [-0.25, -0.2) is 9.78 Å². The fourth-order valence-corrected chi connectivity index (χ4v) is 3.73. The molecule has 170 valence electrons. The van der Waals surface area contributed by atoms with Crippen molar-refractivity contribution in [1.82, 2.24) is 14.9 Å². The number of carboxylic acid groups (broad SMARTS) is 1. The van der Waals surface area contributed by atoms with Crippen molar-refractivity contribution >= 4 is 34.8 Å². The van der Waals surface area contributed by atoms with Crippen LogP contribution in [0.25, 0.3) is 16.7 Å². The summed E-state index contributed by atoms with van der Waals surface area (Å²) in [6.45, 7) is 5.61. The zero-order valence-corrected chi connectivity index (χ0v) is 18.5. The number of carbonyl (C=O) groups excluding carboxylic acids is 1. The standard InChI is InChI=1S/C23H29N5O4/c1-13(15-10-20(29)25-11-15)32-19-9-14(17(24)6-7-27-23(2,3)22(30)31)8-18-21(19)28(12-26-18)16-4-5-16/h6-9,12-13,15-16H,4-5,10-11,24H2,1-3H3,(H,25,29)(H,30,31)/t13-,15-/m1/s1. The maximum absolute atomic E-state index is 11.6. The van der Waals surface area contributed by atoms with Crippen LogP contribution in [0.5, 0.6) is 5.75 Å². The summed E-state index contributed by atoms with van der Waals surface area (Å²) in [6.07, 6.45) is 7.33. The number of aliphatic imine (C=N–C) groups is 1. The Balaban J connectivity index is 1.67. The summed E-state index contributed by atoms with van der Waals surface area (Å²) in [7, 11) is 0. The Morgan fingerprint density at radius 2 is 2.19 bits per heavy atom. The summed E-state index contributed by atoms with van der Waals surface area (Å²) >= 11 is 0. The van der Waals surface area contributed by atoms with Crippen LogP contribution in [0.4, 0.5) is 0 Å². The summed E-state index contributed by atoms with van der Waals surface area (Å²) < 4.78 is 8.52. The zero-order valence-electron chi connectivity index (χ0n) is 18.5. The van der Waals surface area contributed by atoms with Crippen LogP contribution in [0.2, 0.25) is 0 Å². The number of aliphatic carboxylic acids is 1. The summed E-state index contributed by atoms with van der Waals surface area (Å²) in [5, 5.41) is 12.1. The minimum atomic E-state index is -1.24. The van der Waals surface area contributed by atoms with Crippen LogP contribution >= 0.6 is 0 Å². The highest BCUT2D eigenvalue weighted by Crippen LogP contribution is 2.40. The van der Waals surface area contributed by atoms with Gasteiger partial charge in [-0.3, -0.25) is 9.79 Å². The molecule has 0 spiro atoms. The lowest BCUT2D eigenvalue weighted by molar-refractivity contribution is -0.141. The number of hydrogen-bond acceptors (Lipinski definition) is 6. The van der Waals surface area contributed by atoms with E-state index in [1.54, 1.807) is 6.08 Å². The molecule has 0 bridgehead atoms. The number of hydrogen-bond donors (Lipinski definition) is 3. The van der Waals surface area contributed by atoms with Crippen molar-refractivity contribution in [2.24, 2.45) is 16.6 Å². The predicted octanol–water partition coefficient (Wildman–Crippen LogP) is 2.51. The van der Waals surface area contributed by atoms with Gasteiger partial charge >= 0.3 is 5.97 Å². The first-order valence-electron chi connectivity index (χ1n) is 10.8. The Labute approximate surface area is 186 Å². The molecule has 1 saturated heterocycles. The van der Waals surface area contributed by atoms with Gasteiger partial charge < -0.3 is 25.5 Å². The third kappa shape index (κ3) is 4.46. The van der Waals surface area contributed by atoms with Crippen LogP contribution < -0.4 is 15.8 Å². The molecule has 2 aromatic rings. The average molecular weight is 440 g/mol. The number of amides is 1. The molecule has 9 heteroatoms. The van der Waals surface area contributed by atoms with E-state index in [2.05, 4.69) is 19.9 Å². The smallest absolute Gasteiger partial charge is 0.330 e. The van der Waals surface area contributed by atoms with E-state index in [9.17, 15) is 14.7 Å². The fourth-order valence-electron chi connectivity index (χ4n) is 3.73. The Morgan fingerprint density at radius 3 is 2.81 bits per heavy atom. The van der Waals surface area contributed by atoms with E-state index in [1.807, 2.05) is 25.4 Å². The van der Waals surface area contributed by atoms with E-state index in [4.69, 9.17) is 10.5 Å². The van der Waals surface area contributed by atoms with Crippen molar-refractivity contribution in [2.45, 2.75) is 57.7 Å². The lowest BCUT2D eigenvalue weighted by Gasteiger charge is -2.21. The Morgan fingerprint density at radius 1 is 1.44 bits per heavy atom. The number of carbonyl (C=O) groups is 2. The van der Waals surface area contributed by atoms with Crippen molar-refractivity contribution in [1.29, 1.82) is 0 Å². The van der Waals surface area contributed by atoms with Crippen LogP contribution in [-0.4, -0.2) is 50.9 Å². The average Bonchev–Trinajstić information content (AvgIpc) is 3.33. The Kier molecular flexibility index (Phi) is 5.66. The molecule has 4 rings (SSSR count). The fraction of sp³-hybridized carbons (Fsp3) is 0.478. The maximum Gasteiger partial charge on any atom is 0.330 e. The molecule has 1 aliphatic heterocycles. The maximum atomic E-state index is 11.6. The number of allylic oxidation sites excluding steroid dienone is 1. The van der Waals surface area contributed by atoms with Crippen molar-refractivity contribution < 1.29 is 19.4 Å². The number of benzene rings is 1. The highest BCUT2D eigenvalue weighted by atomic mass is 16.5. The van der Waals surface area contributed by atoms with Gasteiger partial charge in [-0.1, -0.05) is 0 Å². The van der Waals surface area contributed by atoms with Gasteiger partial charge in [0.25, 0.3) is 0 Å². The molecule has 2 atom stereocenters. The van der Waals surface area contributed by atoms with Crippen molar-refractivity contribution in [3.63, 3.8) is 0 Å². The molecular weight excluding hydrogens is 410 g/mol. The number of nitrogens with zero attached hydrogens (tertiary/aromatic N) is 3. The van der Waals surface area contributed by atoms with E-state index in [1.165, 1.54) is 20.1 Å². The number of carboxylic acids is 1. The van der Waals surface area contributed by atoms with Crippen LogP contribution in [-0.2, 0) is 9.59 Å². The molecule has 1 aromatic heterocycles. The number of ether oxygens (including phenoxy) is 1. The van der Waals surface area contributed by atoms with Gasteiger partial charge in [0.05, 0.1) is 11.8 Å². The molecule has 0 radical (unpaired) electrons. The SMILES string of the molecule is C[C@@H](Oc1cc(C(N)=CC=NC(C)(C)C(=O)O)cc2ncn(C3CC3)c12)[C@H]1CNC(=O)C1. The van der Waals surface area contributed by atoms with Gasteiger partial charge in [-0.05, 0) is 51.8 Å². The molecule has 4 N–H and O–H groups in total. The molecule has 2 fully saturated rings. The Hall–Kier alpha value is -3.36. The molecule has 1 amide bonds. The third-order valence-electron chi connectivity index (χ3n) is 6.07. The normalized spacial score (nSPS) is 20.7. The first-order valence-corrected chi connectivity index (χ1v) is 10.8. The van der Waals surface area contributed by atoms with Gasteiger partial charge in [-0.2, -0.15) is 0 Å². The van der Waals surface area contributed by atoms with Gasteiger partial charge in [0.15, 0.2) is 5.54 Å². The van der Waals surface area contributed by atoms with E-state index < -0.39 is 11.5 Å². The minimum Gasteiger partial charge on any atom is -0.488 e. The molecule has 1 aliphatic carbocycles. The van der Waals surface area contributed by atoms with Gasteiger partial charge in [-0.15, -0.1) is 0 Å². The molecule has 0 unspecified atom stereocenters. The van der Waals surface area contributed by atoms with Gasteiger partial charge in [0, 0.05) is 42.4 Å². The Bertz CT molecular complexity index is 1110. The van der Waals surface area contributed by atoms with Gasteiger partial charge in [0.1, 0.15) is 17.4 Å². The van der Waals surface area contributed by atoms with Crippen LogP contribution in [0.15, 0.2) is 29.5 Å². The first kappa shape index (κ1) is 21.9. The van der Waals surface area contributed by atoms with E-state index in [0.717, 1.165) is 23.9 Å². The van der Waals surface area contributed by atoms with E-state index in [-0.39, 0.29) is 17.9 Å². The molecule has 1 saturated carbocycles. The number of rotatable bonds is 8. The molecule has 2 aliphatic rings. The van der Waals surface area contributed by atoms with E-state index >= 15 is 0 Å². The third-order valence-corrected chi connectivity index (χ3v) is 6.07. The second kappa shape index (κ2) is 8.29. The summed E-state index contributed by atoms with van der Waals surface area (Å²) in [6, 6.07) is 4.21. The molecule has 2 heterocycles.